The van der Waals surface area contributed by atoms with Crippen LogP contribution in [-0.4, -0.2) is 23.2 Å². The Labute approximate surface area is 199 Å². The second-order valence-corrected chi connectivity index (χ2v) is 8.65. The van der Waals surface area contributed by atoms with E-state index in [1.54, 1.807) is 13.2 Å². The van der Waals surface area contributed by atoms with Crippen LogP contribution in [0.5, 0.6) is 0 Å². The normalized spacial score (nSPS) is 15.3. The zero-order chi connectivity index (χ0) is 23.5. The molecule has 4 aromatic rings. The van der Waals surface area contributed by atoms with E-state index in [1.165, 1.54) is 11.6 Å². The van der Waals surface area contributed by atoms with Crippen molar-refractivity contribution in [3.63, 3.8) is 0 Å². The van der Waals surface area contributed by atoms with Crippen molar-refractivity contribution in [2.45, 2.75) is 31.3 Å². The molecule has 1 radical (unpaired) electrons. The highest BCUT2D eigenvalue weighted by Crippen LogP contribution is 2.42. The molecule has 34 heavy (non-hydrogen) atoms. The number of hydrogen-bond acceptors (Lipinski definition) is 4. The number of halogens is 1. The lowest BCUT2D eigenvalue weighted by Crippen LogP contribution is -2.16. The number of benzene rings is 3. The van der Waals surface area contributed by atoms with Gasteiger partial charge in [-0.25, -0.2) is 14.4 Å². The fourth-order valence-electron chi connectivity index (χ4n) is 4.61. The van der Waals surface area contributed by atoms with E-state index in [0.29, 0.717) is 17.9 Å². The number of rotatable bonds is 7. The summed E-state index contributed by atoms with van der Waals surface area (Å²) < 4.78 is 19.9. The summed E-state index contributed by atoms with van der Waals surface area (Å²) in [4.78, 5) is 9.45. The van der Waals surface area contributed by atoms with Crippen molar-refractivity contribution in [2.24, 2.45) is 0 Å². The molecule has 0 saturated heterocycles. The Kier molecular flexibility index (Phi) is 6.37. The molecule has 0 unspecified atom stereocenters. The first-order valence-electron chi connectivity index (χ1n) is 11.5. The molecule has 0 spiro atoms. The summed E-state index contributed by atoms with van der Waals surface area (Å²) in [6.45, 7) is 3.97. The number of aryl methyl sites for hydroxylation is 1. The Hall–Kier alpha value is -3.57. The van der Waals surface area contributed by atoms with Crippen molar-refractivity contribution in [3.05, 3.63) is 114 Å². The Morgan fingerprint density at radius 2 is 1.85 bits per heavy atom. The molecule has 5 heteroatoms. The molecule has 1 aliphatic rings. The molecular formula is C29H27FN3O. The van der Waals surface area contributed by atoms with Crippen LogP contribution in [0.3, 0.4) is 0 Å². The van der Waals surface area contributed by atoms with Crippen LogP contribution in [0, 0.1) is 12.7 Å². The van der Waals surface area contributed by atoms with Crippen molar-refractivity contribution >= 4 is 11.6 Å². The van der Waals surface area contributed by atoms with Gasteiger partial charge < -0.3 is 10.1 Å². The van der Waals surface area contributed by atoms with Gasteiger partial charge in [0.2, 0.25) is 5.95 Å². The van der Waals surface area contributed by atoms with Gasteiger partial charge in [0, 0.05) is 30.5 Å². The van der Waals surface area contributed by atoms with Crippen LogP contribution in [0.25, 0.3) is 11.3 Å². The van der Waals surface area contributed by atoms with Crippen LogP contribution in [0.2, 0.25) is 0 Å². The van der Waals surface area contributed by atoms with E-state index >= 15 is 0 Å². The first kappa shape index (κ1) is 22.2. The summed E-state index contributed by atoms with van der Waals surface area (Å²) in [7, 11) is 1.68. The maximum absolute atomic E-state index is 14.7. The van der Waals surface area contributed by atoms with Gasteiger partial charge in [0.1, 0.15) is 5.82 Å². The number of fused-ring (bicyclic) bond motifs is 3. The highest BCUT2D eigenvalue weighted by atomic mass is 19.1. The molecule has 3 aromatic carbocycles. The first-order valence-corrected chi connectivity index (χ1v) is 11.5. The Balaban J connectivity index is 1.43. The molecule has 0 saturated carbocycles. The lowest BCUT2D eigenvalue weighted by Gasteiger charge is -2.27. The minimum absolute atomic E-state index is 0.0196. The van der Waals surface area contributed by atoms with Crippen molar-refractivity contribution in [2.75, 3.05) is 12.4 Å². The fraction of sp³-hybridized carbons (Fsp3) is 0.207. The number of nitrogens with zero attached hydrogens (tertiary/aromatic N) is 2. The largest absolute Gasteiger partial charge is 0.381 e. The van der Waals surface area contributed by atoms with E-state index in [9.17, 15) is 4.39 Å². The number of methoxy groups -OCH3 is 1. The highest BCUT2D eigenvalue weighted by Gasteiger charge is 2.28. The van der Waals surface area contributed by atoms with Crippen molar-refractivity contribution in [1.82, 2.24) is 9.97 Å². The maximum Gasteiger partial charge on any atom is 0.227 e. The maximum atomic E-state index is 14.7. The molecule has 1 heterocycles. The van der Waals surface area contributed by atoms with Crippen molar-refractivity contribution < 1.29 is 9.13 Å². The molecular weight excluding hydrogens is 425 g/mol. The molecule has 1 aliphatic carbocycles. The van der Waals surface area contributed by atoms with Crippen LogP contribution < -0.4 is 5.32 Å². The van der Waals surface area contributed by atoms with E-state index in [4.69, 9.17) is 9.72 Å². The summed E-state index contributed by atoms with van der Waals surface area (Å²) in [5.41, 5.74) is 6.88. The van der Waals surface area contributed by atoms with Gasteiger partial charge in [-0.05, 0) is 66.6 Å². The average Bonchev–Trinajstić information content (AvgIpc) is 2.87. The third kappa shape index (κ3) is 4.57. The minimum atomic E-state index is -0.180. The molecule has 0 amide bonds. The lowest BCUT2D eigenvalue weighted by molar-refractivity contribution is 0.132. The van der Waals surface area contributed by atoms with Crippen LogP contribution in [-0.2, 0) is 17.6 Å². The van der Waals surface area contributed by atoms with E-state index in [0.717, 1.165) is 40.9 Å². The Morgan fingerprint density at radius 3 is 2.68 bits per heavy atom. The third-order valence-electron chi connectivity index (χ3n) is 6.43. The topological polar surface area (TPSA) is 47.0 Å². The number of nitrogens with one attached hydrogen (secondary N) is 1. The average molecular weight is 453 g/mol. The van der Waals surface area contributed by atoms with E-state index in [-0.39, 0.29) is 17.8 Å². The number of anilines is 2. The molecule has 1 N–H and O–H groups in total. The molecule has 0 fully saturated rings. The first-order chi connectivity index (χ1) is 16.6. The van der Waals surface area contributed by atoms with Gasteiger partial charge >= 0.3 is 0 Å². The zero-order valence-corrected chi connectivity index (χ0v) is 19.2. The standard InChI is InChI=1S/C29H27FN3O/c1-19(34-2)14-15-20-8-7-9-22(16-20)32-29-31-18-21-17-26(24-11-5-6-13-27(24)30)23-10-3-4-12-25(23)28(21)33-29/h3-13,16,18-19,26H,1,14-15,17H2,2H3,(H,31,32,33)/t19-,26-/m1/s1. The number of aromatic nitrogens is 2. The highest BCUT2D eigenvalue weighted by molar-refractivity contribution is 5.73. The predicted molar refractivity (Wildman–Crippen MR) is 134 cm³/mol. The summed E-state index contributed by atoms with van der Waals surface area (Å²) in [5, 5.41) is 3.35. The summed E-state index contributed by atoms with van der Waals surface area (Å²) in [5.74, 6) is 0.301. The SMILES string of the molecule is [CH2][C@H](CCc1cccc(Nc2ncc3c(n2)-c2ccccc2[C@H](c2ccccc2F)C3)c1)OC. The fourth-order valence-corrected chi connectivity index (χ4v) is 4.61. The Morgan fingerprint density at radius 1 is 1.06 bits per heavy atom. The third-order valence-corrected chi connectivity index (χ3v) is 6.43. The predicted octanol–water partition coefficient (Wildman–Crippen LogP) is 6.50. The molecule has 0 bridgehead atoms. The van der Waals surface area contributed by atoms with Gasteiger partial charge in [0.05, 0.1) is 11.8 Å². The van der Waals surface area contributed by atoms with Gasteiger partial charge in [0.25, 0.3) is 0 Å². The van der Waals surface area contributed by atoms with E-state index < -0.39 is 0 Å². The second-order valence-electron chi connectivity index (χ2n) is 8.65. The van der Waals surface area contributed by atoms with Crippen molar-refractivity contribution in [3.8, 4) is 11.3 Å². The zero-order valence-electron chi connectivity index (χ0n) is 19.2. The molecule has 171 valence electrons. The number of hydrogen-bond donors (Lipinski definition) is 1. The summed E-state index contributed by atoms with van der Waals surface area (Å²) >= 11 is 0. The van der Waals surface area contributed by atoms with Crippen LogP contribution >= 0.6 is 0 Å². The summed E-state index contributed by atoms with van der Waals surface area (Å²) in [6.07, 6.45) is 4.25. The molecule has 0 aliphatic heterocycles. The number of ether oxygens (including phenoxy) is 1. The minimum Gasteiger partial charge on any atom is -0.381 e. The van der Waals surface area contributed by atoms with Crippen molar-refractivity contribution in [1.29, 1.82) is 0 Å². The molecule has 5 rings (SSSR count). The van der Waals surface area contributed by atoms with Crippen LogP contribution in [0.1, 0.15) is 34.6 Å². The van der Waals surface area contributed by atoms with Gasteiger partial charge in [-0.1, -0.05) is 54.6 Å². The van der Waals surface area contributed by atoms with Gasteiger partial charge in [-0.2, -0.15) is 0 Å². The van der Waals surface area contributed by atoms with E-state index in [2.05, 4.69) is 41.5 Å². The lowest BCUT2D eigenvalue weighted by atomic mass is 9.78. The molecule has 1 aromatic heterocycles. The van der Waals surface area contributed by atoms with Crippen LogP contribution in [0.4, 0.5) is 16.0 Å². The van der Waals surface area contributed by atoms with Crippen LogP contribution in [0.15, 0.2) is 79.0 Å². The van der Waals surface area contributed by atoms with Gasteiger partial charge in [-0.15, -0.1) is 0 Å². The Bertz CT molecular complexity index is 1310. The second kappa shape index (κ2) is 9.74. The molecule has 4 nitrogen and oxygen atoms in total. The smallest absolute Gasteiger partial charge is 0.227 e. The van der Waals surface area contributed by atoms with Gasteiger partial charge in [0.15, 0.2) is 0 Å². The summed E-state index contributed by atoms with van der Waals surface area (Å²) in [6, 6.07) is 23.4. The monoisotopic (exact) mass is 452 g/mol. The van der Waals surface area contributed by atoms with Gasteiger partial charge in [-0.3, -0.25) is 0 Å². The van der Waals surface area contributed by atoms with E-state index in [1.807, 2.05) is 42.6 Å². The molecule has 2 atom stereocenters. The quantitative estimate of drug-likeness (QED) is 0.348.